The van der Waals surface area contributed by atoms with Crippen molar-refractivity contribution >= 4 is 5.97 Å². The lowest BCUT2D eigenvalue weighted by Crippen LogP contribution is -2.32. The minimum absolute atomic E-state index is 0.193. The fraction of sp³-hybridized carbons (Fsp3) is 0.278. The summed E-state index contributed by atoms with van der Waals surface area (Å²) in [7, 11) is 0. The molecule has 2 rings (SSSR count). The molecular weight excluding hydrogens is 294 g/mol. The average molecular weight is 315 g/mol. The number of aliphatic carboxylic acids is 1. The summed E-state index contributed by atoms with van der Waals surface area (Å²) in [5.74, 6) is 0.707. The molecule has 0 spiro atoms. The summed E-state index contributed by atoms with van der Waals surface area (Å²) >= 11 is 0. The average Bonchev–Trinajstić information content (AvgIpc) is 2.50. The molecule has 4 N–H and O–H groups in total. The normalized spacial score (nSPS) is 12.2. The van der Waals surface area contributed by atoms with Crippen molar-refractivity contribution in [3.05, 3.63) is 53.6 Å². The first kappa shape index (κ1) is 16.8. The number of benzene rings is 2. The molecule has 5 heteroatoms. The van der Waals surface area contributed by atoms with Gasteiger partial charge in [-0.05, 0) is 48.2 Å². The standard InChI is InChI=1S/C18H21NO4/c1-11(2)15-10-14(7-8-17(15)20)23-13-5-3-12(4-6-13)9-16(19)18(21)22/h3-8,10-11,16,20H,9,19H2,1-2H3,(H,21,22)/t16-/m0/s1. The topological polar surface area (TPSA) is 92.8 Å². The monoisotopic (exact) mass is 315 g/mol. The van der Waals surface area contributed by atoms with Crippen LogP contribution >= 0.6 is 0 Å². The minimum atomic E-state index is -1.02. The second-order valence-electron chi connectivity index (χ2n) is 5.77. The fourth-order valence-electron chi connectivity index (χ4n) is 2.23. The summed E-state index contributed by atoms with van der Waals surface area (Å²) in [6.07, 6.45) is 0.270. The van der Waals surface area contributed by atoms with E-state index < -0.39 is 12.0 Å². The Labute approximate surface area is 135 Å². The molecule has 0 fully saturated rings. The lowest BCUT2D eigenvalue weighted by molar-refractivity contribution is -0.138. The van der Waals surface area contributed by atoms with Crippen molar-refractivity contribution in [2.45, 2.75) is 32.2 Å². The van der Waals surface area contributed by atoms with Crippen molar-refractivity contribution in [3.63, 3.8) is 0 Å². The van der Waals surface area contributed by atoms with E-state index in [-0.39, 0.29) is 18.1 Å². The van der Waals surface area contributed by atoms with Gasteiger partial charge >= 0.3 is 5.97 Å². The van der Waals surface area contributed by atoms with Crippen LogP contribution in [-0.2, 0) is 11.2 Å². The van der Waals surface area contributed by atoms with Crippen molar-refractivity contribution < 1.29 is 19.7 Å². The highest BCUT2D eigenvalue weighted by atomic mass is 16.5. The van der Waals surface area contributed by atoms with E-state index in [1.807, 2.05) is 19.9 Å². The molecule has 0 aliphatic rings. The molecule has 5 nitrogen and oxygen atoms in total. The molecule has 0 amide bonds. The molecule has 0 heterocycles. The van der Waals surface area contributed by atoms with Gasteiger partial charge in [-0.1, -0.05) is 26.0 Å². The van der Waals surface area contributed by atoms with Gasteiger partial charge < -0.3 is 20.7 Å². The Morgan fingerprint density at radius 2 is 1.74 bits per heavy atom. The van der Waals surface area contributed by atoms with Crippen LogP contribution in [0.5, 0.6) is 17.2 Å². The number of hydrogen-bond donors (Lipinski definition) is 3. The molecule has 0 saturated heterocycles. The van der Waals surface area contributed by atoms with Gasteiger partial charge in [-0.2, -0.15) is 0 Å². The van der Waals surface area contributed by atoms with Gasteiger partial charge in [0.25, 0.3) is 0 Å². The predicted octanol–water partition coefficient (Wildman–Crippen LogP) is 3.26. The van der Waals surface area contributed by atoms with Gasteiger partial charge in [0.15, 0.2) is 0 Å². The predicted molar refractivity (Wildman–Crippen MR) is 88.0 cm³/mol. The van der Waals surface area contributed by atoms with Crippen molar-refractivity contribution in [1.29, 1.82) is 0 Å². The highest BCUT2D eigenvalue weighted by Crippen LogP contribution is 2.31. The molecule has 1 atom stereocenters. The first-order valence-corrected chi connectivity index (χ1v) is 7.45. The zero-order valence-corrected chi connectivity index (χ0v) is 13.2. The van der Waals surface area contributed by atoms with E-state index in [2.05, 4.69) is 0 Å². The Bertz CT molecular complexity index is 680. The second kappa shape index (κ2) is 7.15. The van der Waals surface area contributed by atoms with Gasteiger partial charge in [0.2, 0.25) is 0 Å². The Morgan fingerprint density at radius 3 is 2.30 bits per heavy atom. The second-order valence-corrected chi connectivity index (χ2v) is 5.77. The van der Waals surface area contributed by atoms with Crippen LogP contribution in [0.3, 0.4) is 0 Å². The summed E-state index contributed by atoms with van der Waals surface area (Å²) in [5.41, 5.74) is 7.17. The van der Waals surface area contributed by atoms with Crippen LogP contribution in [0, 0.1) is 0 Å². The largest absolute Gasteiger partial charge is 0.508 e. The number of ether oxygens (including phenoxy) is 1. The van der Waals surface area contributed by atoms with Crippen LogP contribution in [0.15, 0.2) is 42.5 Å². The molecule has 2 aromatic carbocycles. The summed E-state index contributed by atoms with van der Waals surface area (Å²) in [5, 5.41) is 18.6. The summed E-state index contributed by atoms with van der Waals surface area (Å²) in [6, 6.07) is 11.4. The van der Waals surface area contributed by atoms with Crippen LogP contribution in [0.4, 0.5) is 0 Å². The maximum Gasteiger partial charge on any atom is 0.320 e. The Balaban J connectivity index is 2.09. The third-order valence-electron chi connectivity index (χ3n) is 3.55. The van der Waals surface area contributed by atoms with Crippen molar-refractivity contribution in [1.82, 2.24) is 0 Å². The van der Waals surface area contributed by atoms with Gasteiger partial charge in [-0.25, -0.2) is 0 Å². The molecule has 0 aliphatic carbocycles. The van der Waals surface area contributed by atoms with Gasteiger partial charge in [0.05, 0.1) is 0 Å². The number of aromatic hydroxyl groups is 1. The SMILES string of the molecule is CC(C)c1cc(Oc2ccc(C[C@H](N)C(=O)O)cc2)ccc1O. The van der Waals surface area contributed by atoms with Crippen LogP contribution in [-0.4, -0.2) is 22.2 Å². The van der Waals surface area contributed by atoms with Crippen LogP contribution < -0.4 is 10.5 Å². The molecular formula is C18H21NO4. The van der Waals surface area contributed by atoms with Crippen molar-refractivity contribution in [2.75, 3.05) is 0 Å². The number of phenols is 1. The summed E-state index contributed by atoms with van der Waals surface area (Å²) in [6.45, 7) is 4.00. The third kappa shape index (κ3) is 4.47. The van der Waals surface area contributed by atoms with Gasteiger partial charge in [0, 0.05) is 5.56 Å². The molecule has 2 aromatic rings. The first-order chi connectivity index (χ1) is 10.9. The number of carbonyl (C=O) groups is 1. The molecule has 23 heavy (non-hydrogen) atoms. The summed E-state index contributed by atoms with van der Waals surface area (Å²) in [4.78, 5) is 10.8. The Hall–Kier alpha value is -2.53. The molecule has 0 radical (unpaired) electrons. The fourth-order valence-corrected chi connectivity index (χ4v) is 2.23. The zero-order valence-electron chi connectivity index (χ0n) is 13.2. The lowest BCUT2D eigenvalue weighted by Gasteiger charge is -2.12. The van der Waals surface area contributed by atoms with Crippen molar-refractivity contribution in [3.8, 4) is 17.2 Å². The van der Waals surface area contributed by atoms with E-state index in [0.717, 1.165) is 11.1 Å². The van der Waals surface area contributed by atoms with Gasteiger partial charge in [0.1, 0.15) is 23.3 Å². The minimum Gasteiger partial charge on any atom is -0.508 e. The first-order valence-electron chi connectivity index (χ1n) is 7.45. The van der Waals surface area contributed by atoms with Crippen LogP contribution in [0.2, 0.25) is 0 Å². The highest BCUT2D eigenvalue weighted by Gasteiger charge is 2.12. The molecule has 122 valence electrons. The summed E-state index contributed by atoms with van der Waals surface area (Å²) < 4.78 is 5.77. The number of rotatable bonds is 6. The number of hydrogen-bond acceptors (Lipinski definition) is 4. The van der Waals surface area contributed by atoms with E-state index in [4.69, 9.17) is 15.6 Å². The van der Waals surface area contributed by atoms with E-state index in [1.54, 1.807) is 36.4 Å². The molecule has 0 saturated carbocycles. The molecule has 0 unspecified atom stereocenters. The molecule has 0 bridgehead atoms. The van der Waals surface area contributed by atoms with E-state index >= 15 is 0 Å². The maximum absolute atomic E-state index is 10.8. The third-order valence-corrected chi connectivity index (χ3v) is 3.55. The van der Waals surface area contributed by atoms with Crippen LogP contribution in [0.1, 0.15) is 30.9 Å². The Morgan fingerprint density at radius 1 is 1.13 bits per heavy atom. The number of carboxylic acid groups (broad SMARTS) is 1. The van der Waals surface area contributed by atoms with Gasteiger partial charge in [-0.3, -0.25) is 4.79 Å². The zero-order chi connectivity index (χ0) is 17.0. The maximum atomic E-state index is 10.8. The van der Waals surface area contributed by atoms with E-state index in [9.17, 15) is 9.90 Å². The number of carboxylic acids is 1. The van der Waals surface area contributed by atoms with E-state index in [0.29, 0.717) is 11.5 Å². The van der Waals surface area contributed by atoms with Crippen LogP contribution in [0.25, 0.3) is 0 Å². The lowest BCUT2D eigenvalue weighted by atomic mass is 10.0. The number of nitrogens with two attached hydrogens (primary N) is 1. The number of phenolic OH excluding ortho intramolecular Hbond substituents is 1. The van der Waals surface area contributed by atoms with Crippen molar-refractivity contribution in [2.24, 2.45) is 5.73 Å². The molecule has 0 aliphatic heterocycles. The van der Waals surface area contributed by atoms with Gasteiger partial charge in [-0.15, -0.1) is 0 Å². The molecule has 0 aromatic heterocycles. The van der Waals surface area contributed by atoms with E-state index in [1.165, 1.54) is 0 Å². The highest BCUT2D eigenvalue weighted by molar-refractivity contribution is 5.73. The quantitative estimate of drug-likeness (QED) is 0.761. The Kier molecular flexibility index (Phi) is 5.24. The smallest absolute Gasteiger partial charge is 0.320 e.